The smallest absolute Gasteiger partial charge is 0.120 e. The fourth-order valence-electron chi connectivity index (χ4n) is 1.44. The molecule has 14 heavy (non-hydrogen) atoms. The number of ether oxygens (including phenoxy) is 1. The fraction of sp³-hybridized carbons (Fsp3) is 0.444. The Morgan fingerprint density at radius 2 is 2.36 bits per heavy atom. The third-order valence-electron chi connectivity index (χ3n) is 2.29. The van der Waals surface area contributed by atoms with Gasteiger partial charge < -0.3 is 4.74 Å². The zero-order chi connectivity index (χ0) is 9.97. The van der Waals surface area contributed by atoms with E-state index in [0.29, 0.717) is 19.1 Å². The Morgan fingerprint density at radius 3 is 2.86 bits per heavy atom. The molecule has 1 atom stereocenters. The molecule has 1 aromatic heterocycles. The normalized spacial score (nSPS) is 18.6. The highest BCUT2D eigenvalue weighted by Crippen LogP contribution is 2.30. The molecule has 1 fully saturated rings. The molecule has 0 radical (unpaired) electrons. The van der Waals surface area contributed by atoms with Gasteiger partial charge in [0, 0.05) is 5.92 Å². The first-order chi connectivity index (χ1) is 6.81. The van der Waals surface area contributed by atoms with Crippen molar-refractivity contribution in [1.29, 1.82) is 5.53 Å². The van der Waals surface area contributed by atoms with Gasteiger partial charge in [0.1, 0.15) is 10.6 Å². The summed E-state index contributed by atoms with van der Waals surface area (Å²) in [6.07, 6.45) is 0. The molecule has 4 nitrogen and oxygen atoms in total. The highest BCUT2D eigenvalue weighted by Gasteiger charge is 2.30. The van der Waals surface area contributed by atoms with E-state index in [1.165, 1.54) is 0 Å². The maximum atomic E-state index is 7.15. The van der Waals surface area contributed by atoms with E-state index in [2.05, 4.69) is 26.0 Å². The van der Waals surface area contributed by atoms with E-state index in [4.69, 9.17) is 10.3 Å². The van der Waals surface area contributed by atoms with E-state index in [-0.39, 0.29) is 6.04 Å². The number of hydrogen-bond acceptors (Lipinski definition) is 4. The summed E-state index contributed by atoms with van der Waals surface area (Å²) >= 11 is 3.30. The molecular formula is C9H10BrN3O. The molecule has 2 heterocycles. The fourth-order valence-corrected chi connectivity index (χ4v) is 1.80. The van der Waals surface area contributed by atoms with Gasteiger partial charge in [-0.15, -0.1) is 0 Å². The van der Waals surface area contributed by atoms with Gasteiger partial charge in [-0.25, -0.2) is 10.5 Å². The molecule has 0 saturated carbocycles. The van der Waals surface area contributed by atoms with E-state index in [1.807, 2.05) is 18.2 Å². The van der Waals surface area contributed by atoms with Gasteiger partial charge in [-0.05, 0) is 28.1 Å². The highest BCUT2D eigenvalue weighted by molar-refractivity contribution is 9.10. The minimum atomic E-state index is -0.152. The highest BCUT2D eigenvalue weighted by atomic mass is 79.9. The maximum Gasteiger partial charge on any atom is 0.120 e. The van der Waals surface area contributed by atoms with Crippen molar-refractivity contribution in [3.63, 3.8) is 0 Å². The Morgan fingerprint density at radius 1 is 1.57 bits per heavy atom. The number of hydrogen-bond donors (Lipinski definition) is 1. The van der Waals surface area contributed by atoms with Crippen molar-refractivity contribution < 1.29 is 4.74 Å². The number of aromatic nitrogens is 1. The van der Waals surface area contributed by atoms with E-state index < -0.39 is 0 Å². The standard InChI is InChI=1S/C9H10BrN3O/c10-8-3-1-2-7(12-8)9(13-11)6-4-14-5-6/h1-3,6,9,11H,4-5H2. The van der Waals surface area contributed by atoms with Crippen LogP contribution < -0.4 is 0 Å². The Labute approximate surface area is 90.3 Å². The molecule has 1 aliphatic rings. The number of nitrogens with zero attached hydrogens (tertiary/aromatic N) is 2. The van der Waals surface area contributed by atoms with Crippen LogP contribution in [0.1, 0.15) is 11.7 Å². The van der Waals surface area contributed by atoms with E-state index in [0.717, 1.165) is 10.3 Å². The summed E-state index contributed by atoms with van der Waals surface area (Å²) in [5.74, 6) is 0.314. The van der Waals surface area contributed by atoms with Gasteiger partial charge in [0.15, 0.2) is 0 Å². The first kappa shape index (κ1) is 9.73. The quantitative estimate of drug-likeness (QED) is 0.667. The summed E-state index contributed by atoms with van der Waals surface area (Å²) in [4.78, 5) is 4.29. The minimum Gasteiger partial charge on any atom is -0.380 e. The second-order valence-corrected chi connectivity index (χ2v) is 4.07. The number of rotatable bonds is 3. The first-order valence-corrected chi connectivity index (χ1v) is 5.17. The summed E-state index contributed by atoms with van der Waals surface area (Å²) in [5.41, 5.74) is 7.99. The van der Waals surface area contributed by atoms with Gasteiger partial charge >= 0.3 is 0 Å². The molecule has 0 amide bonds. The Bertz CT molecular complexity index is 341. The average Bonchev–Trinajstić information content (AvgIpc) is 2.10. The van der Waals surface area contributed by atoms with Crippen molar-refractivity contribution >= 4 is 15.9 Å². The predicted octanol–water partition coefficient (Wildman–Crippen LogP) is 2.56. The summed E-state index contributed by atoms with van der Waals surface area (Å²) in [7, 11) is 0. The third-order valence-corrected chi connectivity index (χ3v) is 2.73. The first-order valence-electron chi connectivity index (χ1n) is 4.38. The number of halogens is 1. The maximum absolute atomic E-state index is 7.15. The molecule has 0 spiro atoms. The van der Waals surface area contributed by atoms with E-state index >= 15 is 0 Å². The molecule has 1 saturated heterocycles. The zero-order valence-corrected chi connectivity index (χ0v) is 9.07. The summed E-state index contributed by atoms with van der Waals surface area (Å²) in [6, 6.07) is 5.51. The molecule has 1 unspecified atom stereocenters. The van der Waals surface area contributed by atoms with Crippen LogP contribution in [0.2, 0.25) is 0 Å². The van der Waals surface area contributed by atoms with Crippen LogP contribution in [-0.2, 0) is 4.74 Å². The van der Waals surface area contributed by atoms with Crippen LogP contribution in [0.25, 0.3) is 0 Å². The summed E-state index contributed by atoms with van der Waals surface area (Å²) in [6.45, 7) is 1.36. The SMILES string of the molecule is N=NC(c1cccc(Br)n1)C1COC1. The molecule has 5 heteroatoms. The van der Waals surface area contributed by atoms with Gasteiger partial charge in [0.2, 0.25) is 0 Å². The molecule has 0 aliphatic carbocycles. The van der Waals surface area contributed by atoms with Crippen molar-refractivity contribution in [3.05, 3.63) is 28.5 Å². The number of nitrogens with one attached hydrogen (secondary N) is 1. The lowest BCUT2D eigenvalue weighted by Gasteiger charge is -2.29. The van der Waals surface area contributed by atoms with Crippen LogP contribution in [0, 0.1) is 11.4 Å². The molecule has 74 valence electrons. The van der Waals surface area contributed by atoms with Crippen LogP contribution in [0.4, 0.5) is 0 Å². The lowest BCUT2D eigenvalue weighted by molar-refractivity contribution is -0.0458. The topological polar surface area (TPSA) is 58.3 Å². The Kier molecular flexibility index (Phi) is 2.88. The van der Waals surface area contributed by atoms with Gasteiger partial charge in [0.25, 0.3) is 0 Å². The second-order valence-electron chi connectivity index (χ2n) is 3.26. The molecule has 1 aromatic rings. The van der Waals surface area contributed by atoms with Gasteiger partial charge in [-0.1, -0.05) is 6.07 Å². The molecule has 2 rings (SSSR count). The number of pyridine rings is 1. The molecule has 0 bridgehead atoms. The van der Waals surface area contributed by atoms with Crippen LogP contribution in [0.15, 0.2) is 27.9 Å². The van der Waals surface area contributed by atoms with Crippen LogP contribution in [0.3, 0.4) is 0 Å². The van der Waals surface area contributed by atoms with Gasteiger partial charge in [-0.3, -0.25) is 0 Å². The van der Waals surface area contributed by atoms with Crippen LogP contribution >= 0.6 is 15.9 Å². The molecular weight excluding hydrogens is 246 g/mol. The predicted molar refractivity (Wildman–Crippen MR) is 54.1 cm³/mol. The molecule has 1 aliphatic heterocycles. The lowest BCUT2D eigenvalue weighted by atomic mass is 9.96. The van der Waals surface area contributed by atoms with Crippen molar-refractivity contribution in [2.75, 3.05) is 13.2 Å². The Balaban J connectivity index is 2.21. The van der Waals surface area contributed by atoms with Gasteiger partial charge in [-0.2, -0.15) is 5.11 Å². The van der Waals surface area contributed by atoms with Crippen LogP contribution in [-0.4, -0.2) is 18.2 Å². The van der Waals surface area contributed by atoms with Gasteiger partial charge in [0.05, 0.1) is 18.9 Å². The zero-order valence-electron chi connectivity index (χ0n) is 7.48. The second kappa shape index (κ2) is 4.14. The summed E-state index contributed by atoms with van der Waals surface area (Å²) in [5, 5.41) is 3.61. The lowest BCUT2D eigenvalue weighted by Crippen LogP contribution is -2.32. The summed E-state index contributed by atoms with van der Waals surface area (Å²) < 4.78 is 5.87. The van der Waals surface area contributed by atoms with Crippen molar-refractivity contribution in [3.8, 4) is 0 Å². The molecule has 0 aromatic carbocycles. The largest absolute Gasteiger partial charge is 0.380 e. The minimum absolute atomic E-state index is 0.152. The monoisotopic (exact) mass is 255 g/mol. The van der Waals surface area contributed by atoms with Crippen molar-refractivity contribution in [2.24, 2.45) is 11.0 Å². The van der Waals surface area contributed by atoms with Crippen molar-refractivity contribution in [2.45, 2.75) is 6.04 Å². The molecule has 1 N–H and O–H groups in total. The average molecular weight is 256 g/mol. The van der Waals surface area contributed by atoms with E-state index in [9.17, 15) is 0 Å². The van der Waals surface area contributed by atoms with Crippen molar-refractivity contribution in [1.82, 2.24) is 4.98 Å². The van der Waals surface area contributed by atoms with Crippen LogP contribution in [0.5, 0.6) is 0 Å². The van der Waals surface area contributed by atoms with E-state index in [1.54, 1.807) is 0 Å². The third kappa shape index (κ3) is 1.83. The Hall–Kier alpha value is -0.810.